The lowest BCUT2D eigenvalue weighted by atomic mass is 9.84. The third-order valence-corrected chi connectivity index (χ3v) is 3.77. The average Bonchev–Trinajstić information content (AvgIpc) is 2.45. The van der Waals surface area contributed by atoms with Crippen molar-refractivity contribution in [1.82, 2.24) is 15.5 Å². The van der Waals surface area contributed by atoms with Crippen molar-refractivity contribution in [3.05, 3.63) is 0 Å². The number of nitrogens with one attached hydrogen (secondary N) is 2. The van der Waals surface area contributed by atoms with Crippen molar-refractivity contribution in [3.63, 3.8) is 0 Å². The van der Waals surface area contributed by atoms with E-state index in [-0.39, 0.29) is 24.5 Å². The molecule has 1 rings (SSSR count). The van der Waals surface area contributed by atoms with Gasteiger partial charge in [0.05, 0.1) is 5.92 Å². The number of nitrogens with zero attached hydrogens (tertiary/aromatic N) is 1. The summed E-state index contributed by atoms with van der Waals surface area (Å²) < 4.78 is 0. The smallest absolute Gasteiger partial charge is 0.318 e. The number of hydrogen-bond donors (Lipinski definition) is 3. The monoisotopic (exact) mass is 299 g/mol. The van der Waals surface area contributed by atoms with Gasteiger partial charge in [-0.25, -0.2) is 4.79 Å². The molecule has 0 aliphatic heterocycles. The van der Waals surface area contributed by atoms with Gasteiger partial charge in [-0.05, 0) is 26.7 Å². The summed E-state index contributed by atoms with van der Waals surface area (Å²) in [6.07, 6.45) is 3.04. The number of aliphatic carboxylic acids is 1. The van der Waals surface area contributed by atoms with Crippen molar-refractivity contribution in [3.8, 4) is 0 Å². The maximum Gasteiger partial charge on any atom is 0.318 e. The Morgan fingerprint density at radius 2 is 1.86 bits per heavy atom. The second-order valence-electron chi connectivity index (χ2n) is 5.25. The van der Waals surface area contributed by atoms with E-state index in [1.54, 1.807) is 6.92 Å². The van der Waals surface area contributed by atoms with Gasteiger partial charge in [0.15, 0.2) is 0 Å². The second kappa shape index (κ2) is 8.49. The number of carboxylic acid groups (broad SMARTS) is 1. The maximum atomic E-state index is 12.2. The number of urea groups is 1. The molecule has 120 valence electrons. The van der Waals surface area contributed by atoms with Crippen molar-refractivity contribution in [2.45, 2.75) is 45.6 Å². The van der Waals surface area contributed by atoms with E-state index >= 15 is 0 Å². The molecular formula is C14H25N3O4. The lowest BCUT2D eigenvalue weighted by Gasteiger charge is -2.31. The van der Waals surface area contributed by atoms with Gasteiger partial charge in [-0.2, -0.15) is 0 Å². The predicted molar refractivity (Wildman–Crippen MR) is 77.8 cm³/mol. The number of amides is 3. The quantitative estimate of drug-likeness (QED) is 0.675. The van der Waals surface area contributed by atoms with Gasteiger partial charge in [0.2, 0.25) is 5.91 Å². The maximum absolute atomic E-state index is 12.2. The fourth-order valence-electron chi connectivity index (χ4n) is 2.60. The largest absolute Gasteiger partial charge is 0.481 e. The molecule has 0 saturated heterocycles. The third-order valence-electron chi connectivity index (χ3n) is 3.77. The van der Waals surface area contributed by atoms with Crippen LogP contribution in [0.3, 0.4) is 0 Å². The number of likely N-dealkylation sites (N-methyl/N-ethyl adjacent to an activating group) is 2. The van der Waals surface area contributed by atoms with Crippen molar-refractivity contribution in [2.24, 2.45) is 5.92 Å². The summed E-state index contributed by atoms with van der Waals surface area (Å²) in [4.78, 5) is 36.4. The van der Waals surface area contributed by atoms with Crippen molar-refractivity contribution in [1.29, 1.82) is 0 Å². The van der Waals surface area contributed by atoms with Gasteiger partial charge >= 0.3 is 12.0 Å². The van der Waals surface area contributed by atoms with Crippen molar-refractivity contribution in [2.75, 3.05) is 19.6 Å². The molecule has 7 heteroatoms. The van der Waals surface area contributed by atoms with Crippen LogP contribution in [0.2, 0.25) is 0 Å². The van der Waals surface area contributed by atoms with Crippen LogP contribution < -0.4 is 10.6 Å². The van der Waals surface area contributed by atoms with Gasteiger partial charge in [-0.1, -0.05) is 12.8 Å². The van der Waals surface area contributed by atoms with Gasteiger partial charge in [0.1, 0.15) is 6.54 Å². The Morgan fingerprint density at radius 3 is 2.43 bits per heavy atom. The molecule has 21 heavy (non-hydrogen) atoms. The zero-order valence-corrected chi connectivity index (χ0v) is 12.7. The molecule has 0 radical (unpaired) electrons. The predicted octanol–water partition coefficient (Wildman–Crippen LogP) is 0.797. The van der Waals surface area contributed by atoms with Crippen LogP contribution >= 0.6 is 0 Å². The van der Waals surface area contributed by atoms with Crippen LogP contribution in [0, 0.1) is 5.92 Å². The minimum Gasteiger partial charge on any atom is -0.481 e. The van der Waals surface area contributed by atoms with Crippen LogP contribution in [0.4, 0.5) is 4.79 Å². The Labute approximate surface area is 125 Å². The highest BCUT2D eigenvalue weighted by atomic mass is 16.4. The molecule has 0 bridgehead atoms. The van der Waals surface area contributed by atoms with E-state index in [2.05, 4.69) is 10.6 Å². The third kappa shape index (κ3) is 5.24. The minimum absolute atomic E-state index is 0.0133. The van der Waals surface area contributed by atoms with Crippen LogP contribution in [-0.4, -0.2) is 53.6 Å². The van der Waals surface area contributed by atoms with E-state index < -0.39 is 11.9 Å². The summed E-state index contributed by atoms with van der Waals surface area (Å²) in [5.41, 5.74) is 0. The first-order valence-electron chi connectivity index (χ1n) is 7.54. The van der Waals surface area contributed by atoms with Crippen molar-refractivity contribution < 1.29 is 19.5 Å². The molecule has 0 aromatic heterocycles. The first-order valence-corrected chi connectivity index (χ1v) is 7.54. The summed E-state index contributed by atoms with van der Waals surface area (Å²) >= 11 is 0. The zero-order valence-electron chi connectivity index (χ0n) is 12.7. The van der Waals surface area contributed by atoms with E-state index in [0.29, 0.717) is 25.9 Å². The summed E-state index contributed by atoms with van der Waals surface area (Å²) in [5, 5.41) is 14.6. The van der Waals surface area contributed by atoms with Crippen molar-refractivity contribution >= 4 is 17.9 Å². The Kier molecular flexibility index (Phi) is 6.98. The number of carbonyl (C=O) groups excluding carboxylic acids is 2. The van der Waals surface area contributed by atoms with Gasteiger partial charge in [0, 0.05) is 19.1 Å². The highest BCUT2D eigenvalue weighted by molar-refractivity contribution is 5.84. The van der Waals surface area contributed by atoms with Crippen LogP contribution in [0.1, 0.15) is 39.5 Å². The summed E-state index contributed by atoms with van der Waals surface area (Å²) in [5.74, 6) is -1.62. The molecule has 1 aliphatic carbocycles. The van der Waals surface area contributed by atoms with Crippen LogP contribution in [0.5, 0.6) is 0 Å². The van der Waals surface area contributed by atoms with Crippen LogP contribution in [-0.2, 0) is 9.59 Å². The number of hydrogen-bond acceptors (Lipinski definition) is 3. The Hall–Kier alpha value is -1.79. The van der Waals surface area contributed by atoms with Gasteiger partial charge in [-0.15, -0.1) is 0 Å². The molecule has 0 aromatic carbocycles. The Balaban J connectivity index is 2.59. The summed E-state index contributed by atoms with van der Waals surface area (Å²) in [6, 6.07) is -0.728. The first kappa shape index (κ1) is 17.3. The number of carboxylic acids is 1. The van der Waals surface area contributed by atoms with Gasteiger partial charge < -0.3 is 20.6 Å². The topological polar surface area (TPSA) is 98.7 Å². The highest BCUT2D eigenvalue weighted by Crippen LogP contribution is 2.24. The molecule has 1 saturated carbocycles. The number of carbonyl (C=O) groups is 3. The SMILES string of the molecule is CCNC(=O)CN(CC)C(=O)NC1CCCCC1C(=O)O. The Bertz CT molecular complexity index is 386. The van der Waals surface area contributed by atoms with E-state index in [1.165, 1.54) is 4.90 Å². The standard InChI is InChI=1S/C14H25N3O4/c1-3-15-12(18)9-17(4-2)14(21)16-11-8-6-5-7-10(11)13(19)20/h10-11H,3-9H2,1-2H3,(H,15,18)(H,16,21)(H,19,20). The van der Waals surface area contributed by atoms with E-state index in [4.69, 9.17) is 0 Å². The first-order chi connectivity index (χ1) is 9.99. The molecule has 0 heterocycles. The van der Waals surface area contributed by atoms with E-state index in [0.717, 1.165) is 12.8 Å². The molecule has 7 nitrogen and oxygen atoms in total. The highest BCUT2D eigenvalue weighted by Gasteiger charge is 2.32. The normalized spacial score (nSPS) is 21.4. The zero-order chi connectivity index (χ0) is 15.8. The summed E-state index contributed by atoms with van der Waals surface area (Å²) in [6.45, 7) is 4.50. The fourth-order valence-corrected chi connectivity index (χ4v) is 2.60. The molecule has 0 aromatic rings. The molecular weight excluding hydrogens is 274 g/mol. The van der Waals surface area contributed by atoms with Crippen LogP contribution in [0.25, 0.3) is 0 Å². The number of rotatable bonds is 6. The molecule has 2 atom stereocenters. The second-order valence-corrected chi connectivity index (χ2v) is 5.25. The van der Waals surface area contributed by atoms with Gasteiger partial charge in [0.25, 0.3) is 0 Å². The molecule has 0 spiro atoms. The molecule has 3 amide bonds. The lowest BCUT2D eigenvalue weighted by molar-refractivity contribution is -0.143. The molecule has 3 N–H and O–H groups in total. The van der Waals surface area contributed by atoms with Gasteiger partial charge in [-0.3, -0.25) is 9.59 Å². The minimum atomic E-state index is -0.869. The van der Waals surface area contributed by atoms with E-state index in [1.807, 2.05) is 6.92 Å². The average molecular weight is 299 g/mol. The Morgan fingerprint density at radius 1 is 1.19 bits per heavy atom. The summed E-state index contributed by atoms with van der Waals surface area (Å²) in [7, 11) is 0. The molecule has 1 aliphatic rings. The van der Waals surface area contributed by atoms with E-state index in [9.17, 15) is 19.5 Å². The fraction of sp³-hybridized carbons (Fsp3) is 0.786. The lowest BCUT2D eigenvalue weighted by Crippen LogP contribution is -2.52. The molecule has 2 unspecified atom stereocenters. The molecule has 1 fully saturated rings. The van der Waals surface area contributed by atoms with Crippen LogP contribution in [0.15, 0.2) is 0 Å².